The van der Waals surface area contributed by atoms with E-state index in [0.717, 1.165) is 19.2 Å². The average Bonchev–Trinajstić information content (AvgIpc) is 3.09. The van der Waals surface area contributed by atoms with Crippen LogP contribution in [0.2, 0.25) is 0 Å². The molecule has 1 aromatic rings. The van der Waals surface area contributed by atoms with Crippen LogP contribution in [0.3, 0.4) is 0 Å². The highest BCUT2D eigenvalue weighted by Crippen LogP contribution is 2.62. The van der Waals surface area contributed by atoms with Crippen molar-refractivity contribution in [2.45, 2.75) is 62.1 Å². The zero-order valence-electron chi connectivity index (χ0n) is 19.8. The summed E-state index contributed by atoms with van der Waals surface area (Å²) in [6, 6.07) is -0.799. The number of aromatic nitrogens is 2. The number of aliphatic hydroxyl groups is 5. The van der Waals surface area contributed by atoms with E-state index >= 15 is 0 Å². The van der Waals surface area contributed by atoms with Crippen molar-refractivity contribution in [2.24, 2.45) is 0 Å². The average molecular weight is 607 g/mol. The number of aliphatic hydroxyl groups excluding tert-OH is 5. The standard InChI is InChI=1S/C17H27N3O17P2/c1-6(22)18-10-14(12(25)7(4-21)35-16(10)27)36-39(32,37-38(29,30)31)33-5-8-11(24)13(26)15(34-8)20-3-2-9(23)19-17(20)28/h2-3,7-8,10-16,21,24-27H,4-5H2,1H3,(H,18,22)(H,19,23,28)(H2,29,30,31)/t7-,8-,10+,11-,12-,13-,14-,15-,16+,39?/m1/s1. The minimum Gasteiger partial charge on any atom is -0.394 e. The lowest BCUT2D eigenvalue weighted by Gasteiger charge is -2.42. The maximum atomic E-state index is 13.3. The molecule has 0 radical (unpaired) electrons. The Morgan fingerprint density at radius 3 is 2.33 bits per heavy atom. The highest BCUT2D eigenvalue weighted by atomic mass is 31.3. The van der Waals surface area contributed by atoms with Gasteiger partial charge in [-0.25, -0.2) is 13.9 Å². The molecule has 3 heterocycles. The maximum Gasteiger partial charge on any atom is 0.484 e. The Morgan fingerprint density at radius 1 is 1.10 bits per heavy atom. The summed E-state index contributed by atoms with van der Waals surface area (Å²) < 4.78 is 50.0. The number of ether oxygens (including phenoxy) is 2. The minimum absolute atomic E-state index is 0.713. The van der Waals surface area contributed by atoms with Crippen LogP contribution in [0, 0.1) is 0 Å². The van der Waals surface area contributed by atoms with Gasteiger partial charge >= 0.3 is 21.3 Å². The molecule has 2 saturated heterocycles. The number of phosphoric acid groups is 2. The van der Waals surface area contributed by atoms with Crippen LogP contribution in [-0.4, -0.2) is 113 Å². The van der Waals surface area contributed by atoms with Crippen molar-refractivity contribution in [3.8, 4) is 0 Å². The van der Waals surface area contributed by atoms with Gasteiger partial charge in [-0.1, -0.05) is 0 Å². The van der Waals surface area contributed by atoms with Crippen LogP contribution in [0.25, 0.3) is 0 Å². The second-order valence-corrected chi connectivity index (χ2v) is 11.4. The third-order valence-corrected chi connectivity index (χ3v) is 8.18. The van der Waals surface area contributed by atoms with Gasteiger partial charge in [0.25, 0.3) is 5.56 Å². The minimum atomic E-state index is -5.68. The Labute approximate surface area is 217 Å². The molecule has 20 nitrogen and oxygen atoms in total. The Hall–Kier alpha value is -1.87. The van der Waals surface area contributed by atoms with E-state index in [2.05, 4.69) is 9.63 Å². The zero-order chi connectivity index (χ0) is 29.3. The third-order valence-electron chi connectivity index (χ3n) is 5.56. The number of nitrogens with one attached hydrogen (secondary N) is 2. The lowest BCUT2D eigenvalue weighted by molar-refractivity contribution is -0.251. The van der Waals surface area contributed by atoms with Crippen molar-refractivity contribution in [2.75, 3.05) is 13.2 Å². The lowest BCUT2D eigenvalue weighted by Crippen LogP contribution is -2.64. The molecule has 2 aliphatic rings. The first-order chi connectivity index (χ1) is 18.0. The smallest absolute Gasteiger partial charge is 0.394 e. The zero-order valence-corrected chi connectivity index (χ0v) is 21.6. The number of phosphoric ester groups is 1. The van der Waals surface area contributed by atoms with Crippen molar-refractivity contribution >= 4 is 21.6 Å². The van der Waals surface area contributed by atoms with Crippen LogP contribution in [0.1, 0.15) is 13.2 Å². The Morgan fingerprint density at radius 2 is 1.77 bits per heavy atom. The fourth-order valence-electron chi connectivity index (χ4n) is 3.84. The van der Waals surface area contributed by atoms with Crippen molar-refractivity contribution in [1.82, 2.24) is 14.9 Å². The van der Waals surface area contributed by atoms with Gasteiger partial charge < -0.3 is 50.1 Å². The fourth-order valence-corrected chi connectivity index (χ4v) is 6.17. The normalized spacial score (nSPS) is 34.9. The molecule has 9 N–H and O–H groups in total. The van der Waals surface area contributed by atoms with Gasteiger partial charge in [-0.05, 0) is 0 Å². The number of hydrogen-bond donors (Lipinski definition) is 9. The molecule has 0 spiro atoms. The molecular formula is C17H27N3O17P2. The van der Waals surface area contributed by atoms with Gasteiger partial charge in [-0.2, -0.15) is 4.31 Å². The number of carbonyl (C=O) groups excluding carboxylic acids is 1. The molecule has 1 aromatic heterocycles. The first-order valence-corrected chi connectivity index (χ1v) is 14.0. The van der Waals surface area contributed by atoms with Crippen molar-refractivity contribution in [1.29, 1.82) is 0 Å². The summed E-state index contributed by atoms with van der Waals surface area (Å²) in [6.07, 6.45) is -13.5. The van der Waals surface area contributed by atoms with Crippen molar-refractivity contribution in [3.63, 3.8) is 0 Å². The van der Waals surface area contributed by atoms with E-state index < -0.39 is 101 Å². The van der Waals surface area contributed by atoms with Crippen LogP contribution in [0.15, 0.2) is 21.9 Å². The van der Waals surface area contributed by atoms with Gasteiger partial charge in [-0.3, -0.25) is 28.2 Å². The van der Waals surface area contributed by atoms with Gasteiger partial charge in [0.15, 0.2) is 12.5 Å². The van der Waals surface area contributed by atoms with Crippen LogP contribution in [0.5, 0.6) is 0 Å². The molecule has 222 valence electrons. The fraction of sp³-hybridized carbons (Fsp3) is 0.706. The molecule has 2 aliphatic heterocycles. The predicted molar refractivity (Wildman–Crippen MR) is 120 cm³/mol. The van der Waals surface area contributed by atoms with Crippen LogP contribution in [0.4, 0.5) is 0 Å². The summed E-state index contributed by atoms with van der Waals surface area (Å²) >= 11 is 0. The summed E-state index contributed by atoms with van der Waals surface area (Å²) in [7, 11) is -11.2. The van der Waals surface area contributed by atoms with E-state index in [1.807, 2.05) is 4.98 Å². The molecule has 0 saturated carbocycles. The first kappa shape index (κ1) is 31.7. The highest BCUT2D eigenvalue weighted by Gasteiger charge is 2.52. The van der Waals surface area contributed by atoms with Crippen LogP contribution in [-0.2, 0) is 36.8 Å². The Balaban J connectivity index is 1.84. The van der Waals surface area contributed by atoms with E-state index in [0.29, 0.717) is 4.57 Å². The maximum absolute atomic E-state index is 13.3. The number of nitrogens with zero attached hydrogens (tertiary/aromatic N) is 1. The quantitative estimate of drug-likeness (QED) is 0.113. The predicted octanol–water partition coefficient (Wildman–Crippen LogP) is -4.65. The second kappa shape index (κ2) is 12.3. The second-order valence-electron chi connectivity index (χ2n) is 8.41. The number of carbonyl (C=O) groups is 1. The molecule has 10 atom stereocenters. The summed E-state index contributed by atoms with van der Waals surface area (Å²) in [4.78, 5) is 55.3. The summed E-state index contributed by atoms with van der Waals surface area (Å²) in [5, 5.41) is 52.9. The molecular weight excluding hydrogens is 580 g/mol. The van der Waals surface area contributed by atoms with E-state index in [9.17, 15) is 58.8 Å². The molecule has 1 unspecified atom stereocenters. The number of amides is 1. The topological polar surface area (TPSA) is 306 Å². The molecule has 1 amide bonds. The summed E-state index contributed by atoms with van der Waals surface area (Å²) in [6.45, 7) is -0.994. The van der Waals surface area contributed by atoms with Crippen LogP contribution >= 0.6 is 15.6 Å². The van der Waals surface area contributed by atoms with Crippen LogP contribution < -0.4 is 16.6 Å². The van der Waals surface area contributed by atoms with E-state index in [1.165, 1.54) is 0 Å². The first-order valence-electron chi connectivity index (χ1n) is 11.0. The number of aromatic amines is 1. The summed E-state index contributed by atoms with van der Waals surface area (Å²) in [5.41, 5.74) is -1.79. The molecule has 2 fully saturated rings. The van der Waals surface area contributed by atoms with E-state index in [-0.39, 0.29) is 0 Å². The SMILES string of the molecule is CC(=O)N[C@H]1[C@@H](OP(=O)(OC[C@H]2O[C@@H](n3ccc(=O)[nH]c3=O)[C@H](O)[C@@H]2O)OP(=O)(O)O)[C@H](O)[C@@H](CO)O[C@@H]1O. The number of H-pyrrole nitrogens is 1. The number of rotatable bonds is 10. The van der Waals surface area contributed by atoms with E-state index in [1.54, 1.807) is 0 Å². The van der Waals surface area contributed by atoms with E-state index in [4.69, 9.17) is 18.5 Å². The van der Waals surface area contributed by atoms with Crippen molar-refractivity contribution in [3.05, 3.63) is 33.1 Å². The Bertz CT molecular complexity index is 1230. The van der Waals surface area contributed by atoms with Gasteiger partial charge in [0, 0.05) is 19.2 Å². The molecule has 22 heteroatoms. The monoisotopic (exact) mass is 607 g/mol. The number of hydrogen-bond acceptors (Lipinski definition) is 15. The summed E-state index contributed by atoms with van der Waals surface area (Å²) in [5.74, 6) is -0.808. The molecule has 0 bridgehead atoms. The van der Waals surface area contributed by atoms with Crippen molar-refractivity contribution < 1.29 is 72.1 Å². The lowest BCUT2D eigenvalue weighted by atomic mass is 9.97. The van der Waals surface area contributed by atoms with Gasteiger partial charge in [0.2, 0.25) is 5.91 Å². The molecule has 39 heavy (non-hydrogen) atoms. The Kier molecular flexibility index (Phi) is 10.0. The third kappa shape index (κ3) is 7.66. The van der Waals surface area contributed by atoms with Gasteiger partial charge in [0.05, 0.1) is 13.2 Å². The molecule has 0 aliphatic carbocycles. The largest absolute Gasteiger partial charge is 0.484 e. The molecule has 0 aromatic carbocycles. The van der Waals surface area contributed by atoms with Gasteiger partial charge in [-0.15, -0.1) is 0 Å². The molecule has 3 rings (SSSR count). The van der Waals surface area contributed by atoms with Gasteiger partial charge in [0.1, 0.15) is 42.7 Å². The highest BCUT2D eigenvalue weighted by molar-refractivity contribution is 7.61.